The highest BCUT2D eigenvalue weighted by molar-refractivity contribution is 5.08. The Morgan fingerprint density at radius 2 is 2.48 bits per heavy atom. The number of aryl methyl sites for hydroxylation is 1. The molecule has 3 heterocycles. The number of imidazole rings is 1. The van der Waals surface area contributed by atoms with Crippen LogP contribution in [-0.2, 0) is 11.8 Å². The first kappa shape index (κ1) is 14.3. The van der Waals surface area contributed by atoms with Gasteiger partial charge in [-0.25, -0.2) is 4.98 Å². The van der Waals surface area contributed by atoms with Crippen molar-refractivity contribution in [3.63, 3.8) is 0 Å². The van der Waals surface area contributed by atoms with Gasteiger partial charge < -0.3 is 14.6 Å². The molecule has 1 unspecified atom stereocenters. The van der Waals surface area contributed by atoms with Crippen LogP contribution in [0.1, 0.15) is 43.3 Å². The van der Waals surface area contributed by atoms with Crippen molar-refractivity contribution in [2.75, 3.05) is 13.2 Å². The number of aromatic amines is 1. The van der Waals surface area contributed by atoms with E-state index in [4.69, 9.17) is 4.74 Å². The molecule has 1 fully saturated rings. The molecule has 21 heavy (non-hydrogen) atoms. The topological polar surface area (TPSA) is 67.8 Å². The van der Waals surface area contributed by atoms with E-state index in [1.165, 1.54) is 12.0 Å². The van der Waals surface area contributed by atoms with Gasteiger partial charge in [0.2, 0.25) is 0 Å². The average molecular weight is 289 g/mol. The zero-order valence-corrected chi connectivity index (χ0v) is 12.6. The van der Waals surface area contributed by atoms with Crippen LogP contribution in [-0.4, -0.2) is 32.9 Å². The Morgan fingerprint density at radius 1 is 1.57 bits per heavy atom. The minimum atomic E-state index is 0.0859. The van der Waals surface area contributed by atoms with Crippen molar-refractivity contribution in [3.8, 4) is 0 Å². The van der Waals surface area contributed by atoms with Gasteiger partial charge in [0.05, 0.1) is 6.20 Å². The van der Waals surface area contributed by atoms with E-state index in [2.05, 4.69) is 32.0 Å². The van der Waals surface area contributed by atoms with Gasteiger partial charge >= 0.3 is 0 Å². The summed E-state index contributed by atoms with van der Waals surface area (Å²) in [5.74, 6) is 1.48. The molecule has 2 N–H and O–H groups in total. The maximum Gasteiger partial charge on any atom is 0.137 e. The molecule has 1 saturated heterocycles. The average Bonchev–Trinajstić information content (AvgIpc) is 3.16. The monoisotopic (exact) mass is 289 g/mol. The Labute approximate surface area is 124 Å². The SMILES string of the molecule is CC(NC[C@@H]1CCCO[C@H]1c1nccn1C)c1cn[nH]c1. The fourth-order valence-electron chi connectivity index (χ4n) is 2.93. The number of H-pyrrole nitrogens is 1. The van der Waals surface area contributed by atoms with Crippen LogP contribution in [0, 0.1) is 5.92 Å². The Hall–Kier alpha value is -1.66. The first-order valence-electron chi connectivity index (χ1n) is 7.56. The number of ether oxygens (including phenoxy) is 1. The first-order valence-corrected chi connectivity index (χ1v) is 7.56. The minimum Gasteiger partial charge on any atom is -0.370 e. The largest absolute Gasteiger partial charge is 0.370 e. The standard InChI is InChI=1S/C15H23N5O/c1-11(13-9-18-19-10-13)17-8-12-4-3-7-21-14(12)15-16-5-6-20(15)2/h5-6,9-12,14,17H,3-4,7-8H2,1-2H3,(H,18,19)/t11?,12-,14+/m0/s1. The molecule has 1 aliphatic heterocycles. The molecule has 6 heteroatoms. The molecule has 3 rings (SSSR count). The third-order valence-electron chi connectivity index (χ3n) is 4.26. The molecule has 0 saturated carbocycles. The summed E-state index contributed by atoms with van der Waals surface area (Å²) in [6.45, 7) is 3.90. The predicted octanol–water partition coefficient (Wildman–Crippen LogP) is 1.96. The van der Waals surface area contributed by atoms with E-state index in [0.717, 1.165) is 25.4 Å². The van der Waals surface area contributed by atoms with Crippen LogP contribution >= 0.6 is 0 Å². The molecule has 3 atom stereocenters. The molecule has 0 aromatic carbocycles. The third kappa shape index (κ3) is 3.16. The summed E-state index contributed by atoms with van der Waals surface area (Å²) in [5.41, 5.74) is 1.18. The molecule has 0 spiro atoms. The van der Waals surface area contributed by atoms with Crippen LogP contribution in [0.15, 0.2) is 24.8 Å². The van der Waals surface area contributed by atoms with Gasteiger partial charge in [0.15, 0.2) is 0 Å². The lowest BCUT2D eigenvalue weighted by atomic mass is 9.93. The van der Waals surface area contributed by atoms with Gasteiger partial charge in [-0.1, -0.05) is 0 Å². The molecule has 0 bridgehead atoms. The lowest BCUT2D eigenvalue weighted by molar-refractivity contribution is -0.0349. The molecule has 0 radical (unpaired) electrons. The van der Waals surface area contributed by atoms with Crippen molar-refractivity contribution in [2.45, 2.75) is 31.9 Å². The van der Waals surface area contributed by atoms with Crippen molar-refractivity contribution in [1.29, 1.82) is 0 Å². The maximum atomic E-state index is 6.00. The number of nitrogens with zero attached hydrogens (tertiary/aromatic N) is 3. The normalized spacial score (nSPS) is 24.1. The van der Waals surface area contributed by atoms with E-state index in [9.17, 15) is 0 Å². The zero-order valence-electron chi connectivity index (χ0n) is 12.6. The highest BCUT2D eigenvalue weighted by atomic mass is 16.5. The van der Waals surface area contributed by atoms with Crippen LogP contribution in [0.5, 0.6) is 0 Å². The smallest absolute Gasteiger partial charge is 0.137 e. The van der Waals surface area contributed by atoms with Gasteiger partial charge in [-0.2, -0.15) is 5.10 Å². The maximum absolute atomic E-state index is 6.00. The second kappa shape index (κ2) is 6.41. The Morgan fingerprint density at radius 3 is 3.19 bits per heavy atom. The summed E-state index contributed by atoms with van der Waals surface area (Å²) in [4.78, 5) is 4.46. The Kier molecular flexibility index (Phi) is 4.36. The van der Waals surface area contributed by atoms with Gasteiger partial charge in [0.1, 0.15) is 11.9 Å². The van der Waals surface area contributed by atoms with E-state index in [1.54, 1.807) is 0 Å². The van der Waals surface area contributed by atoms with Crippen LogP contribution in [0.4, 0.5) is 0 Å². The molecule has 114 valence electrons. The second-order valence-electron chi connectivity index (χ2n) is 5.75. The number of rotatable bonds is 5. The fourth-order valence-corrected chi connectivity index (χ4v) is 2.93. The molecule has 1 aliphatic rings. The lowest BCUT2D eigenvalue weighted by Crippen LogP contribution is -2.34. The summed E-state index contributed by atoms with van der Waals surface area (Å²) in [6.07, 6.45) is 9.99. The third-order valence-corrected chi connectivity index (χ3v) is 4.26. The lowest BCUT2D eigenvalue weighted by Gasteiger charge is -2.32. The highest BCUT2D eigenvalue weighted by Crippen LogP contribution is 2.32. The summed E-state index contributed by atoms with van der Waals surface area (Å²) in [5, 5.41) is 10.5. The van der Waals surface area contributed by atoms with Gasteiger partial charge in [-0.3, -0.25) is 5.10 Å². The van der Waals surface area contributed by atoms with E-state index in [1.807, 2.05) is 31.8 Å². The highest BCUT2D eigenvalue weighted by Gasteiger charge is 2.30. The molecular formula is C15H23N5O. The van der Waals surface area contributed by atoms with Gasteiger partial charge in [0, 0.05) is 56.3 Å². The molecular weight excluding hydrogens is 266 g/mol. The molecule has 6 nitrogen and oxygen atoms in total. The van der Waals surface area contributed by atoms with Crippen molar-refractivity contribution in [1.82, 2.24) is 25.1 Å². The van der Waals surface area contributed by atoms with E-state index in [-0.39, 0.29) is 12.1 Å². The van der Waals surface area contributed by atoms with Crippen molar-refractivity contribution >= 4 is 0 Å². The van der Waals surface area contributed by atoms with Gasteiger partial charge in [-0.15, -0.1) is 0 Å². The van der Waals surface area contributed by atoms with Crippen LogP contribution in [0.2, 0.25) is 0 Å². The van der Waals surface area contributed by atoms with E-state index < -0.39 is 0 Å². The van der Waals surface area contributed by atoms with Crippen LogP contribution in [0.3, 0.4) is 0 Å². The van der Waals surface area contributed by atoms with Gasteiger partial charge in [-0.05, 0) is 19.8 Å². The summed E-state index contributed by atoms with van der Waals surface area (Å²) < 4.78 is 8.05. The number of hydrogen-bond acceptors (Lipinski definition) is 4. The van der Waals surface area contributed by atoms with Crippen LogP contribution < -0.4 is 5.32 Å². The second-order valence-corrected chi connectivity index (χ2v) is 5.75. The predicted molar refractivity (Wildman–Crippen MR) is 79.6 cm³/mol. The van der Waals surface area contributed by atoms with Gasteiger partial charge in [0.25, 0.3) is 0 Å². The van der Waals surface area contributed by atoms with E-state index >= 15 is 0 Å². The summed E-state index contributed by atoms with van der Waals surface area (Å²) >= 11 is 0. The Balaban J connectivity index is 1.64. The summed E-state index contributed by atoms with van der Waals surface area (Å²) in [6, 6.07) is 0.285. The Bertz CT molecular complexity index is 550. The minimum absolute atomic E-state index is 0.0859. The summed E-state index contributed by atoms with van der Waals surface area (Å²) in [7, 11) is 2.03. The van der Waals surface area contributed by atoms with Crippen LogP contribution in [0.25, 0.3) is 0 Å². The van der Waals surface area contributed by atoms with Crippen molar-refractivity contribution < 1.29 is 4.74 Å². The zero-order chi connectivity index (χ0) is 14.7. The van der Waals surface area contributed by atoms with Crippen molar-refractivity contribution in [2.24, 2.45) is 13.0 Å². The molecule has 2 aromatic heterocycles. The molecule has 0 amide bonds. The number of aromatic nitrogens is 4. The fraction of sp³-hybridized carbons (Fsp3) is 0.600. The first-order chi connectivity index (χ1) is 10.3. The number of nitrogens with one attached hydrogen (secondary N) is 2. The van der Waals surface area contributed by atoms with E-state index in [0.29, 0.717) is 5.92 Å². The molecule has 0 aliphatic carbocycles. The van der Waals surface area contributed by atoms with Crippen molar-refractivity contribution in [3.05, 3.63) is 36.2 Å². The number of hydrogen-bond donors (Lipinski definition) is 2. The quantitative estimate of drug-likeness (QED) is 0.883. The molecule has 2 aromatic rings.